The van der Waals surface area contributed by atoms with E-state index in [1.807, 2.05) is 31.2 Å². The van der Waals surface area contributed by atoms with Crippen LogP contribution in [-0.2, 0) is 19.4 Å². The lowest BCUT2D eigenvalue weighted by molar-refractivity contribution is 0.221. The molecule has 6 heteroatoms. The van der Waals surface area contributed by atoms with Crippen molar-refractivity contribution < 1.29 is 4.74 Å². The van der Waals surface area contributed by atoms with Gasteiger partial charge < -0.3 is 9.72 Å². The molecule has 3 aromatic rings. The minimum Gasteiger partial charge on any atom is -0.494 e. The molecule has 32 heavy (non-hydrogen) atoms. The van der Waals surface area contributed by atoms with Crippen molar-refractivity contribution >= 4 is 0 Å². The van der Waals surface area contributed by atoms with Crippen LogP contribution >= 0.6 is 0 Å². The zero-order chi connectivity index (χ0) is 22.2. The van der Waals surface area contributed by atoms with Crippen LogP contribution < -0.4 is 10.3 Å². The molecular formula is C26H32N4O2. The summed E-state index contributed by atoms with van der Waals surface area (Å²) in [5.41, 5.74) is 3.88. The van der Waals surface area contributed by atoms with E-state index in [-0.39, 0.29) is 5.56 Å². The molecule has 0 atom stereocenters. The van der Waals surface area contributed by atoms with Gasteiger partial charge in [-0.25, -0.2) is 4.98 Å². The van der Waals surface area contributed by atoms with Crippen LogP contribution in [0.5, 0.6) is 5.75 Å². The number of rotatable bonds is 9. The largest absolute Gasteiger partial charge is 0.494 e. The van der Waals surface area contributed by atoms with Crippen LogP contribution in [0.2, 0.25) is 0 Å². The zero-order valence-corrected chi connectivity index (χ0v) is 18.8. The number of nitrogens with zero attached hydrogens (tertiary/aromatic N) is 3. The van der Waals surface area contributed by atoms with E-state index in [2.05, 4.69) is 32.0 Å². The highest BCUT2D eigenvalue weighted by atomic mass is 16.5. The Hall–Kier alpha value is -2.99. The van der Waals surface area contributed by atoms with E-state index in [0.717, 1.165) is 30.0 Å². The SMILES string of the molecule is Cc1ccc(Cc2cnc(CCCOc3ccc(CN4CCCCC4)cc3)[nH]c2=O)cn1. The van der Waals surface area contributed by atoms with E-state index in [9.17, 15) is 4.79 Å². The summed E-state index contributed by atoms with van der Waals surface area (Å²) in [6, 6.07) is 12.4. The predicted octanol–water partition coefficient (Wildman–Crippen LogP) is 4.06. The molecule has 1 aliphatic rings. The molecule has 0 saturated carbocycles. The maximum absolute atomic E-state index is 12.4. The Bertz CT molecular complexity index is 1040. The van der Waals surface area contributed by atoms with Crippen molar-refractivity contribution in [2.24, 2.45) is 0 Å². The first-order valence-electron chi connectivity index (χ1n) is 11.6. The third-order valence-electron chi connectivity index (χ3n) is 5.90. The van der Waals surface area contributed by atoms with Crippen molar-refractivity contribution in [1.82, 2.24) is 19.9 Å². The van der Waals surface area contributed by atoms with Crippen molar-refractivity contribution in [2.75, 3.05) is 19.7 Å². The van der Waals surface area contributed by atoms with E-state index in [0.29, 0.717) is 30.8 Å². The maximum Gasteiger partial charge on any atom is 0.254 e. The Balaban J connectivity index is 1.21. The topological polar surface area (TPSA) is 71.1 Å². The number of aromatic nitrogens is 3. The second-order valence-corrected chi connectivity index (χ2v) is 8.60. The van der Waals surface area contributed by atoms with Crippen LogP contribution in [0.1, 0.15) is 53.9 Å². The average Bonchev–Trinajstić information content (AvgIpc) is 2.81. The van der Waals surface area contributed by atoms with Gasteiger partial charge in [0.25, 0.3) is 5.56 Å². The molecule has 0 aliphatic carbocycles. The lowest BCUT2D eigenvalue weighted by Crippen LogP contribution is -2.28. The molecule has 0 unspecified atom stereocenters. The molecule has 0 bridgehead atoms. The van der Waals surface area contributed by atoms with E-state index in [1.165, 1.54) is 37.9 Å². The third-order valence-corrected chi connectivity index (χ3v) is 5.90. The highest BCUT2D eigenvalue weighted by Crippen LogP contribution is 2.17. The summed E-state index contributed by atoms with van der Waals surface area (Å²) in [7, 11) is 0. The third kappa shape index (κ3) is 6.50. The van der Waals surface area contributed by atoms with E-state index >= 15 is 0 Å². The first-order chi connectivity index (χ1) is 15.7. The minimum absolute atomic E-state index is 0.0826. The molecule has 2 aromatic heterocycles. The Labute approximate surface area is 189 Å². The van der Waals surface area contributed by atoms with Gasteiger partial charge in [-0.2, -0.15) is 0 Å². The molecule has 0 radical (unpaired) electrons. The van der Waals surface area contributed by atoms with Gasteiger partial charge in [-0.1, -0.05) is 24.6 Å². The highest BCUT2D eigenvalue weighted by Gasteiger charge is 2.10. The lowest BCUT2D eigenvalue weighted by Gasteiger charge is -2.26. The highest BCUT2D eigenvalue weighted by molar-refractivity contribution is 5.27. The molecule has 1 aliphatic heterocycles. The normalized spacial score (nSPS) is 14.4. The second kappa shape index (κ2) is 11.0. The molecular weight excluding hydrogens is 400 g/mol. The number of hydrogen-bond donors (Lipinski definition) is 1. The second-order valence-electron chi connectivity index (χ2n) is 8.60. The first kappa shape index (κ1) is 22.2. The van der Waals surface area contributed by atoms with Gasteiger partial charge in [0.2, 0.25) is 0 Å². The summed E-state index contributed by atoms with van der Waals surface area (Å²) in [6.45, 7) is 5.97. The molecule has 1 fully saturated rings. The fourth-order valence-electron chi connectivity index (χ4n) is 4.03. The molecule has 0 spiro atoms. The van der Waals surface area contributed by atoms with Crippen LogP contribution in [0.25, 0.3) is 0 Å². The van der Waals surface area contributed by atoms with Crippen molar-refractivity contribution in [3.8, 4) is 5.75 Å². The van der Waals surface area contributed by atoms with Crippen LogP contribution in [-0.4, -0.2) is 39.5 Å². The quantitative estimate of drug-likeness (QED) is 0.516. The van der Waals surface area contributed by atoms with Gasteiger partial charge in [-0.3, -0.25) is 14.7 Å². The number of likely N-dealkylation sites (tertiary alicyclic amines) is 1. The van der Waals surface area contributed by atoms with Gasteiger partial charge in [0.15, 0.2) is 0 Å². The first-order valence-corrected chi connectivity index (χ1v) is 11.6. The predicted molar refractivity (Wildman–Crippen MR) is 126 cm³/mol. The fourth-order valence-corrected chi connectivity index (χ4v) is 4.03. The smallest absolute Gasteiger partial charge is 0.254 e. The van der Waals surface area contributed by atoms with Gasteiger partial charge in [-0.15, -0.1) is 0 Å². The zero-order valence-electron chi connectivity index (χ0n) is 18.8. The number of aromatic amines is 1. The number of piperidine rings is 1. The van der Waals surface area contributed by atoms with E-state index in [1.54, 1.807) is 12.4 Å². The van der Waals surface area contributed by atoms with Crippen molar-refractivity contribution in [3.63, 3.8) is 0 Å². The van der Waals surface area contributed by atoms with E-state index < -0.39 is 0 Å². The minimum atomic E-state index is -0.0826. The summed E-state index contributed by atoms with van der Waals surface area (Å²) in [4.78, 5) is 26.5. The van der Waals surface area contributed by atoms with Crippen LogP contribution in [0.15, 0.2) is 53.6 Å². The Morgan fingerprint density at radius 1 is 0.969 bits per heavy atom. The Morgan fingerprint density at radius 3 is 2.47 bits per heavy atom. The van der Waals surface area contributed by atoms with Gasteiger partial charge in [-0.05, 0) is 68.6 Å². The van der Waals surface area contributed by atoms with Crippen molar-refractivity contribution in [3.05, 3.63) is 87.4 Å². The number of aryl methyl sites for hydroxylation is 2. The molecule has 168 valence electrons. The fraction of sp³-hybridized carbons (Fsp3) is 0.423. The maximum atomic E-state index is 12.4. The molecule has 0 amide bonds. The van der Waals surface area contributed by atoms with Gasteiger partial charge in [0.05, 0.1) is 6.61 Å². The number of nitrogens with one attached hydrogen (secondary N) is 1. The summed E-state index contributed by atoms with van der Waals surface area (Å²) >= 11 is 0. The summed E-state index contributed by atoms with van der Waals surface area (Å²) in [5.74, 6) is 1.58. The Morgan fingerprint density at radius 2 is 1.75 bits per heavy atom. The van der Waals surface area contributed by atoms with Gasteiger partial charge in [0, 0.05) is 43.0 Å². The van der Waals surface area contributed by atoms with Crippen molar-refractivity contribution in [1.29, 1.82) is 0 Å². The molecule has 3 heterocycles. The molecule has 6 nitrogen and oxygen atoms in total. The van der Waals surface area contributed by atoms with E-state index in [4.69, 9.17) is 4.74 Å². The average molecular weight is 433 g/mol. The number of benzene rings is 1. The summed E-state index contributed by atoms with van der Waals surface area (Å²) in [6.07, 6.45) is 9.47. The standard InChI is InChI=1S/C26H32N4O2/c1-20-7-8-22(17-27-20)16-23-18-28-25(29-26(23)31)6-5-15-32-24-11-9-21(10-12-24)19-30-13-3-2-4-14-30/h7-12,17-18H,2-6,13-16,19H2,1H3,(H,28,29,31). The molecule has 1 N–H and O–H groups in total. The summed E-state index contributed by atoms with van der Waals surface area (Å²) in [5, 5.41) is 0. The van der Waals surface area contributed by atoms with Gasteiger partial charge in [0.1, 0.15) is 11.6 Å². The number of hydrogen-bond acceptors (Lipinski definition) is 5. The number of pyridine rings is 1. The van der Waals surface area contributed by atoms with Crippen LogP contribution in [0, 0.1) is 6.92 Å². The Kier molecular flexibility index (Phi) is 7.67. The lowest BCUT2D eigenvalue weighted by atomic mass is 10.1. The van der Waals surface area contributed by atoms with Crippen molar-refractivity contribution in [2.45, 2.75) is 52.0 Å². The molecule has 1 aromatic carbocycles. The number of ether oxygens (including phenoxy) is 1. The monoisotopic (exact) mass is 432 g/mol. The van der Waals surface area contributed by atoms with Crippen LogP contribution in [0.3, 0.4) is 0 Å². The molecule has 1 saturated heterocycles. The number of H-pyrrole nitrogens is 1. The summed E-state index contributed by atoms with van der Waals surface area (Å²) < 4.78 is 5.87. The van der Waals surface area contributed by atoms with Gasteiger partial charge >= 0.3 is 0 Å². The van der Waals surface area contributed by atoms with Crippen LogP contribution in [0.4, 0.5) is 0 Å². The molecule has 4 rings (SSSR count).